The highest BCUT2D eigenvalue weighted by Crippen LogP contribution is 2.25. The molecule has 0 aliphatic rings. The van der Waals surface area contributed by atoms with E-state index in [0.717, 1.165) is 0 Å². The van der Waals surface area contributed by atoms with Crippen LogP contribution in [0.1, 0.15) is 24.2 Å². The molecule has 0 amide bonds. The average molecular weight is 184 g/mol. The van der Waals surface area contributed by atoms with Crippen molar-refractivity contribution in [2.24, 2.45) is 0 Å². The summed E-state index contributed by atoms with van der Waals surface area (Å²) in [5.74, 6) is 0.117. The zero-order chi connectivity index (χ0) is 10.0. The van der Waals surface area contributed by atoms with Gasteiger partial charge in [-0.3, -0.25) is 0 Å². The number of hydrogen-bond acceptors (Lipinski definition) is 2. The Morgan fingerprint density at radius 2 is 2.08 bits per heavy atom. The standard InChI is InChI=1S/C10H13FO2/c1-6-9(11)4-8(7(2)12)5-10(6)13-3/h4-5,7,12H,1-3H3. The van der Waals surface area contributed by atoms with Crippen LogP contribution in [0.15, 0.2) is 12.1 Å². The van der Waals surface area contributed by atoms with Crippen LogP contribution in [0.4, 0.5) is 4.39 Å². The number of aliphatic hydroxyl groups is 1. The van der Waals surface area contributed by atoms with E-state index in [1.165, 1.54) is 13.2 Å². The highest BCUT2D eigenvalue weighted by molar-refractivity contribution is 5.38. The van der Waals surface area contributed by atoms with Crippen LogP contribution in [0.25, 0.3) is 0 Å². The summed E-state index contributed by atoms with van der Waals surface area (Å²) in [6, 6.07) is 2.96. The van der Waals surface area contributed by atoms with Gasteiger partial charge >= 0.3 is 0 Å². The number of halogens is 1. The molecule has 1 rings (SSSR count). The second-order valence-corrected chi connectivity index (χ2v) is 3.01. The molecule has 0 radical (unpaired) electrons. The zero-order valence-corrected chi connectivity index (χ0v) is 7.97. The molecule has 0 saturated carbocycles. The molecule has 0 saturated heterocycles. The van der Waals surface area contributed by atoms with E-state index in [-0.39, 0.29) is 5.82 Å². The van der Waals surface area contributed by atoms with Crippen LogP contribution >= 0.6 is 0 Å². The van der Waals surface area contributed by atoms with Gasteiger partial charge in [0.1, 0.15) is 11.6 Å². The maximum absolute atomic E-state index is 13.2. The van der Waals surface area contributed by atoms with Crippen molar-refractivity contribution in [3.05, 3.63) is 29.1 Å². The highest BCUT2D eigenvalue weighted by atomic mass is 19.1. The van der Waals surface area contributed by atoms with E-state index in [0.29, 0.717) is 16.9 Å². The second kappa shape index (κ2) is 3.75. The molecule has 1 N–H and O–H groups in total. The van der Waals surface area contributed by atoms with Gasteiger partial charge in [0, 0.05) is 5.56 Å². The predicted octanol–water partition coefficient (Wildman–Crippen LogP) is 2.20. The molecule has 13 heavy (non-hydrogen) atoms. The lowest BCUT2D eigenvalue weighted by atomic mass is 10.1. The molecule has 2 nitrogen and oxygen atoms in total. The van der Waals surface area contributed by atoms with Crippen molar-refractivity contribution in [1.29, 1.82) is 0 Å². The molecule has 1 unspecified atom stereocenters. The van der Waals surface area contributed by atoms with E-state index in [4.69, 9.17) is 4.74 Å². The molecule has 1 atom stereocenters. The Morgan fingerprint density at radius 3 is 2.54 bits per heavy atom. The molecule has 0 heterocycles. The maximum atomic E-state index is 13.2. The summed E-state index contributed by atoms with van der Waals surface area (Å²) in [6.07, 6.45) is -0.677. The van der Waals surface area contributed by atoms with Crippen LogP contribution in [-0.4, -0.2) is 12.2 Å². The molecule has 0 fully saturated rings. The lowest BCUT2D eigenvalue weighted by Gasteiger charge is -2.10. The van der Waals surface area contributed by atoms with Crippen LogP contribution in [0.5, 0.6) is 5.75 Å². The predicted molar refractivity (Wildman–Crippen MR) is 48.3 cm³/mol. The minimum absolute atomic E-state index is 0.352. The van der Waals surface area contributed by atoms with Crippen LogP contribution < -0.4 is 4.74 Å². The molecule has 1 aromatic carbocycles. The first kappa shape index (κ1) is 9.99. The number of ether oxygens (including phenoxy) is 1. The van der Waals surface area contributed by atoms with E-state index >= 15 is 0 Å². The third-order valence-electron chi connectivity index (χ3n) is 2.02. The summed E-state index contributed by atoms with van der Waals surface area (Å²) in [7, 11) is 1.48. The van der Waals surface area contributed by atoms with Crippen LogP contribution in [-0.2, 0) is 0 Å². The Hall–Kier alpha value is -1.09. The van der Waals surface area contributed by atoms with Gasteiger partial charge < -0.3 is 9.84 Å². The van der Waals surface area contributed by atoms with Gasteiger partial charge in [0.25, 0.3) is 0 Å². The number of hydrogen-bond donors (Lipinski definition) is 1. The maximum Gasteiger partial charge on any atom is 0.130 e. The van der Waals surface area contributed by atoms with E-state index in [9.17, 15) is 9.50 Å². The zero-order valence-electron chi connectivity index (χ0n) is 7.97. The summed E-state index contributed by atoms with van der Waals surface area (Å²) >= 11 is 0. The Labute approximate surface area is 77.0 Å². The Kier molecular flexibility index (Phi) is 2.88. The number of methoxy groups -OCH3 is 1. The largest absolute Gasteiger partial charge is 0.496 e. The summed E-state index contributed by atoms with van der Waals surface area (Å²) < 4.78 is 18.2. The molecule has 3 heteroatoms. The monoisotopic (exact) mass is 184 g/mol. The van der Waals surface area contributed by atoms with Gasteiger partial charge in [-0.1, -0.05) is 0 Å². The minimum Gasteiger partial charge on any atom is -0.496 e. The van der Waals surface area contributed by atoms with E-state index < -0.39 is 6.10 Å². The lowest BCUT2D eigenvalue weighted by Crippen LogP contribution is -1.97. The molecule has 0 aliphatic heterocycles. The summed E-state index contributed by atoms with van der Waals surface area (Å²) in [5, 5.41) is 9.24. The molecule has 0 bridgehead atoms. The molecule has 72 valence electrons. The van der Waals surface area contributed by atoms with Crippen molar-refractivity contribution in [1.82, 2.24) is 0 Å². The van der Waals surface area contributed by atoms with Crippen molar-refractivity contribution in [2.75, 3.05) is 7.11 Å². The van der Waals surface area contributed by atoms with Crippen LogP contribution in [0.3, 0.4) is 0 Å². The van der Waals surface area contributed by atoms with Gasteiger partial charge in [-0.2, -0.15) is 0 Å². The van der Waals surface area contributed by atoms with Gasteiger partial charge in [-0.15, -0.1) is 0 Å². The summed E-state index contributed by atoms with van der Waals surface area (Å²) in [4.78, 5) is 0. The Bertz CT molecular complexity index is 308. The molecule has 1 aromatic rings. The molecular weight excluding hydrogens is 171 g/mol. The first-order valence-electron chi connectivity index (χ1n) is 4.08. The normalized spacial score (nSPS) is 12.7. The van der Waals surface area contributed by atoms with Gasteiger partial charge in [-0.25, -0.2) is 4.39 Å². The Balaban J connectivity index is 3.22. The summed E-state index contributed by atoms with van der Waals surface area (Å²) in [5.41, 5.74) is 0.992. The SMILES string of the molecule is COc1cc(C(C)O)cc(F)c1C. The smallest absolute Gasteiger partial charge is 0.130 e. The Morgan fingerprint density at radius 1 is 1.46 bits per heavy atom. The number of benzene rings is 1. The fourth-order valence-electron chi connectivity index (χ4n) is 1.13. The van der Waals surface area contributed by atoms with Crippen LogP contribution in [0, 0.1) is 12.7 Å². The molecule has 0 aromatic heterocycles. The first-order chi connectivity index (χ1) is 6.06. The van der Waals surface area contributed by atoms with E-state index in [2.05, 4.69) is 0 Å². The molecule has 0 spiro atoms. The van der Waals surface area contributed by atoms with Gasteiger partial charge in [0.05, 0.1) is 13.2 Å². The van der Waals surface area contributed by atoms with Crippen molar-refractivity contribution in [2.45, 2.75) is 20.0 Å². The van der Waals surface area contributed by atoms with Gasteiger partial charge in [-0.05, 0) is 31.5 Å². The van der Waals surface area contributed by atoms with Crippen molar-refractivity contribution in [3.8, 4) is 5.75 Å². The number of rotatable bonds is 2. The first-order valence-corrected chi connectivity index (χ1v) is 4.08. The summed E-state index contributed by atoms with van der Waals surface area (Å²) in [6.45, 7) is 3.23. The van der Waals surface area contributed by atoms with Crippen molar-refractivity contribution < 1.29 is 14.2 Å². The fourth-order valence-corrected chi connectivity index (χ4v) is 1.13. The molecule has 0 aliphatic carbocycles. The van der Waals surface area contributed by atoms with Crippen molar-refractivity contribution >= 4 is 0 Å². The van der Waals surface area contributed by atoms with E-state index in [1.807, 2.05) is 0 Å². The van der Waals surface area contributed by atoms with E-state index in [1.54, 1.807) is 19.9 Å². The quantitative estimate of drug-likeness (QED) is 0.763. The minimum atomic E-state index is -0.677. The van der Waals surface area contributed by atoms with Gasteiger partial charge in [0.2, 0.25) is 0 Å². The topological polar surface area (TPSA) is 29.5 Å². The van der Waals surface area contributed by atoms with Crippen LogP contribution in [0.2, 0.25) is 0 Å². The van der Waals surface area contributed by atoms with Crippen molar-refractivity contribution in [3.63, 3.8) is 0 Å². The van der Waals surface area contributed by atoms with Gasteiger partial charge in [0.15, 0.2) is 0 Å². The molecular formula is C10H13FO2. The lowest BCUT2D eigenvalue weighted by molar-refractivity contribution is 0.198. The fraction of sp³-hybridized carbons (Fsp3) is 0.400. The highest BCUT2D eigenvalue weighted by Gasteiger charge is 2.09. The number of aliphatic hydroxyl groups excluding tert-OH is 1. The average Bonchev–Trinajstić information content (AvgIpc) is 2.09. The third kappa shape index (κ3) is 1.98. The second-order valence-electron chi connectivity index (χ2n) is 3.01. The third-order valence-corrected chi connectivity index (χ3v) is 2.02.